The van der Waals surface area contributed by atoms with Crippen LogP contribution in [0.4, 0.5) is 4.79 Å². The normalized spacial score (nSPS) is 28.0. The van der Waals surface area contributed by atoms with E-state index in [0.29, 0.717) is 38.0 Å². The average molecular weight is 692 g/mol. The number of aromatic nitrogens is 1. The molecule has 4 fully saturated rings. The van der Waals surface area contributed by atoms with E-state index in [1.54, 1.807) is 0 Å². The van der Waals surface area contributed by atoms with Gasteiger partial charge in [0.25, 0.3) is 5.91 Å². The molecule has 1 aromatic heterocycles. The van der Waals surface area contributed by atoms with Crippen LogP contribution in [0.5, 0.6) is 5.88 Å². The lowest BCUT2D eigenvalue weighted by Crippen LogP contribution is -2.58. The molecule has 3 heterocycles. The molecule has 4 N–H and O–H groups in total. The van der Waals surface area contributed by atoms with Gasteiger partial charge in [-0.05, 0) is 55.5 Å². The molecule has 2 aromatic carbocycles. The van der Waals surface area contributed by atoms with Gasteiger partial charge >= 0.3 is 6.09 Å². The molecule has 2 saturated heterocycles. The minimum Gasteiger partial charge on any atom is -0.472 e. The number of amides is 4. The zero-order chi connectivity index (χ0) is 34.3. The summed E-state index contributed by atoms with van der Waals surface area (Å²) < 4.78 is 34.2. The van der Waals surface area contributed by atoms with Gasteiger partial charge < -0.3 is 25.4 Å². The Morgan fingerprint density at radius 2 is 1.59 bits per heavy atom. The maximum atomic E-state index is 14.2. The van der Waals surface area contributed by atoms with Gasteiger partial charge in [-0.2, -0.15) is 0 Å². The van der Waals surface area contributed by atoms with E-state index in [4.69, 9.17) is 9.72 Å². The SMILES string of the molecule is O=C(O)N[C@H]1CCCCCCCC2C[C@@]2(C(=O)NS(=O)(=O)C2CC2)NC(=O)[C@@H]2C[C@@H](Oc3nc4ccccc4c4ccccc34)CN2C1=O. The van der Waals surface area contributed by atoms with Crippen LogP contribution in [-0.2, 0) is 24.4 Å². The highest BCUT2D eigenvalue weighted by Gasteiger charge is 2.62. The number of carboxylic acid groups (broad SMARTS) is 1. The molecule has 4 amide bonds. The van der Waals surface area contributed by atoms with E-state index in [1.807, 2.05) is 48.5 Å². The minimum atomic E-state index is -3.86. The number of hydrogen-bond donors (Lipinski definition) is 4. The van der Waals surface area contributed by atoms with Crippen molar-refractivity contribution in [1.82, 2.24) is 25.2 Å². The van der Waals surface area contributed by atoms with Crippen LogP contribution in [0.25, 0.3) is 21.7 Å². The summed E-state index contributed by atoms with van der Waals surface area (Å²) in [5.41, 5.74) is -0.695. The molecule has 260 valence electrons. The molecule has 2 aliphatic carbocycles. The largest absolute Gasteiger partial charge is 0.472 e. The number of ether oxygens (including phenoxy) is 1. The van der Waals surface area contributed by atoms with Crippen molar-refractivity contribution in [3.63, 3.8) is 0 Å². The summed E-state index contributed by atoms with van der Waals surface area (Å²) in [5, 5.41) is 16.9. The lowest BCUT2D eigenvalue weighted by molar-refractivity contribution is -0.141. The number of nitrogens with zero attached hydrogens (tertiary/aromatic N) is 2. The number of rotatable bonds is 6. The van der Waals surface area contributed by atoms with Gasteiger partial charge in [-0.1, -0.05) is 68.5 Å². The van der Waals surface area contributed by atoms with Crippen molar-refractivity contribution in [3.8, 4) is 5.88 Å². The van der Waals surface area contributed by atoms with E-state index >= 15 is 0 Å². The minimum absolute atomic E-state index is 0.0176. The highest BCUT2D eigenvalue weighted by atomic mass is 32.2. The molecule has 1 unspecified atom stereocenters. The van der Waals surface area contributed by atoms with Crippen LogP contribution in [0, 0.1) is 5.92 Å². The Hall–Kier alpha value is -4.46. The van der Waals surface area contributed by atoms with Gasteiger partial charge in [-0.15, -0.1) is 0 Å². The van der Waals surface area contributed by atoms with E-state index in [-0.39, 0.29) is 25.3 Å². The zero-order valence-corrected chi connectivity index (χ0v) is 27.9. The second kappa shape index (κ2) is 13.1. The fraction of sp³-hybridized carbons (Fsp3) is 0.514. The highest BCUT2D eigenvalue weighted by Crippen LogP contribution is 2.48. The molecule has 49 heavy (non-hydrogen) atoms. The standard InChI is InChI=1S/C35H41N5O8S/c41-30-29-18-22(48-31-26-13-7-6-11-24(26)25-12-8-9-14-27(25)36-31)20-40(29)32(42)28(37-34(44)45)15-5-3-1-2-4-10-21-19-35(21,38-30)33(43)39-49(46,47)23-16-17-23/h6-9,11-14,21-23,28-29,37H,1-5,10,15-20H2,(H,38,41)(H,39,43)(H,44,45)/t21?,22-,28+,29+,35-/m1/s1. The highest BCUT2D eigenvalue weighted by molar-refractivity contribution is 7.91. The van der Waals surface area contributed by atoms with Gasteiger partial charge in [0.05, 0.1) is 17.3 Å². The Kier molecular flexibility index (Phi) is 8.84. The first-order valence-corrected chi connectivity index (χ1v) is 18.7. The molecule has 2 aliphatic heterocycles. The van der Waals surface area contributed by atoms with E-state index in [9.17, 15) is 32.7 Å². The van der Waals surface area contributed by atoms with E-state index in [0.717, 1.165) is 47.4 Å². The topological polar surface area (TPSA) is 184 Å². The third kappa shape index (κ3) is 6.75. The first-order valence-electron chi connectivity index (χ1n) is 17.2. The van der Waals surface area contributed by atoms with Crippen molar-refractivity contribution in [2.75, 3.05) is 6.54 Å². The van der Waals surface area contributed by atoms with Crippen LogP contribution < -0.4 is 20.1 Å². The van der Waals surface area contributed by atoms with Gasteiger partial charge in [0.1, 0.15) is 23.7 Å². The summed E-state index contributed by atoms with van der Waals surface area (Å²) in [5.74, 6) is -1.81. The third-order valence-corrected chi connectivity index (χ3v) is 12.2. The molecule has 0 bridgehead atoms. The molecule has 3 aromatic rings. The molecular formula is C35H41N5O8S. The van der Waals surface area contributed by atoms with Crippen LogP contribution in [0.3, 0.4) is 0 Å². The summed E-state index contributed by atoms with van der Waals surface area (Å²) in [6.07, 6.45) is 4.11. The molecule has 4 aliphatic rings. The fourth-order valence-corrected chi connectivity index (χ4v) is 8.89. The maximum absolute atomic E-state index is 14.2. The maximum Gasteiger partial charge on any atom is 0.405 e. The van der Waals surface area contributed by atoms with Crippen LogP contribution in [-0.4, -0.2) is 82.7 Å². The number of nitrogens with one attached hydrogen (secondary N) is 3. The van der Waals surface area contributed by atoms with Gasteiger partial charge in [0.15, 0.2) is 0 Å². The molecule has 0 radical (unpaired) electrons. The van der Waals surface area contributed by atoms with Crippen molar-refractivity contribution in [1.29, 1.82) is 0 Å². The molecular weight excluding hydrogens is 650 g/mol. The Labute approximate surface area is 284 Å². The van der Waals surface area contributed by atoms with Crippen LogP contribution in [0.15, 0.2) is 48.5 Å². The molecule has 0 spiro atoms. The average Bonchev–Trinajstić information content (AvgIpc) is 4.00. The van der Waals surface area contributed by atoms with E-state index in [2.05, 4.69) is 15.4 Å². The number of pyridine rings is 1. The summed E-state index contributed by atoms with van der Waals surface area (Å²) in [6, 6.07) is 13.2. The quantitative estimate of drug-likeness (QED) is 0.281. The number of sulfonamides is 1. The fourth-order valence-electron chi connectivity index (χ4n) is 7.52. The molecule has 13 nitrogen and oxygen atoms in total. The van der Waals surface area contributed by atoms with Crippen molar-refractivity contribution in [2.45, 2.75) is 99.6 Å². The molecule has 5 atom stereocenters. The number of hydrogen-bond acceptors (Lipinski definition) is 8. The first kappa shape index (κ1) is 33.1. The summed E-state index contributed by atoms with van der Waals surface area (Å²) in [4.78, 5) is 59.8. The Bertz CT molecular complexity index is 1920. The molecule has 2 saturated carbocycles. The Morgan fingerprint density at radius 1 is 0.918 bits per heavy atom. The smallest absolute Gasteiger partial charge is 0.405 e. The third-order valence-electron chi connectivity index (χ3n) is 10.4. The number of benzene rings is 2. The van der Waals surface area contributed by atoms with Crippen LogP contribution in [0.1, 0.15) is 70.6 Å². The van der Waals surface area contributed by atoms with Gasteiger partial charge in [0.2, 0.25) is 27.7 Å². The summed E-state index contributed by atoms with van der Waals surface area (Å²) >= 11 is 0. The van der Waals surface area contributed by atoms with Crippen molar-refractivity contribution in [3.05, 3.63) is 48.5 Å². The van der Waals surface area contributed by atoms with Crippen LogP contribution >= 0.6 is 0 Å². The number of fused-ring (bicyclic) bond motifs is 5. The predicted octanol–water partition coefficient (Wildman–Crippen LogP) is 3.60. The lowest BCUT2D eigenvalue weighted by Gasteiger charge is -2.29. The predicted molar refractivity (Wildman–Crippen MR) is 180 cm³/mol. The number of carbonyl (C=O) groups excluding carboxylic acids is 3. The molecule has 7 rings (SSSR count). The van der Waals surface area contributed by atoms with Crippen molar-refractivity contribution < 1.29 is 37.4 Å². The number of carbonyl (C=O) groups is 4. The summed E-state index contributed by atoms with van der Waals surface area (Å²) in [6.45, 7) is -0.0176. The second-order valence-electron chi connectivity index (χ2n) is 13.8. The zero-order valence-electron chi connectivity index (χ0n) is 27.1. The number of para-hydroxylation sites is 1. The monoisotopic (exact) mass is 691 g/mol. The van der Waals surface area contributed by atoms with Crippen molar-refractivity contribution in [2.24, 2.45) is 5.92 Å². The Morgan fingerprint density at radius 3 is 2.33 bits per heavy atom. The second-order valence-corrected chi connectivity index (χ2v) is 15.8. The van der Waals surface area contributed by atoms with Crippen LogP contribution in [0.2, 0.25) is 0 Å². The van der Waals surface area contributed by atoms with E-state index < -0.39 is 62.8 Å². The lowest BCUT2D eigenvalue weighted by atomic mass is 10.0. The van der Waals surface area contributed by atoms with Crippen molar-refractivity contribution >= 4 is 55.5 Å². The molecule has 14 heteroatoms. The van der Waals surface area contributed by atoms with Gasteiger partial charge in [-0.3, -0.25) is 19.1 Å². The van der Waals surface area contributed by atoms with Gasteiger partial charge in [-0.25, -0.2) is 18.2 Å². The summed E-state index contributed by atoms with van der Waals surface area (Å²) in [7, 11) is -3.86. The van der Waals surface area contributed by atoms with Gasteiger partial charge in [0, 0.05) is 17.2 Å². The van der Waals surface area contributed by atoms with E-state index in [1.165, 1.54) is 4.90 Å². The Balaban J connectivity index is 1.20. The first-order chi connectivity index (χ1) is 23.6.